The van der Waals surface area contributed by atoms with Crippen molar-refractivity contribution in [3.05, 3.63) is 97.2 Å². The molecule has 1 rings (SSSR count). The van der Waals surface area contributed by atoms with Gasteiger partial charge in [-0.1, -0.05) is 406 Å². The summed E-state index contributed by atoms with van der Waals surface area (Å²) in [5.41, 5.74) is 0. The van der Waals surface area contributed by atoms with Crippen molar-refractivity contribution in [2.75, 3.05) is 13.2 Å². The van der Waals surface area contributed by atoms with E-state index in [1.54, 1.807) is 6.08 Å². The van der Waals surface area contributed by atoms with Gasteiger partial charge in [0.1, 0.15) is 24.4 Å². The van der Waals surface area contributed by atoms with Crippen LogP contribution in [0.5, 0.6) is 0 Å². The van der Waals surface area contributed by atoms with E-state index in [4.69, 9.17) is 9.47 Å². The Balaban J connectivity index is 2.06. The standard InChI is InChI=1S/C88H159NO8/c1-3-5-7-9-11-13-15-17-19-21-23-25-27-29-31-33-35-37-38-39-40-41-42-43-44-46-48-50-52-54-56-58-60-62-64-66-68-70-72-74-76-78-84(92)89-81(80-96-88-87(95)86(94)85(93)83(79-90)97-88)82(91)77-75-73-71-69-67-65-63-61-59-57-55-53-51-49-47-45-36-34-32-30-28-26-24-22-20-18-16-14-12-10-8-6-4-2/h5,7,11,13,17,19,23,25,29,31,35,37,67,69,75,77,81-83,85-88,90-91,93-95H,3-4,6,8-10,12,14-16,18,20-22,24,26-28,30,32-34,36,38-66,68,70-74,76,78-80H2,1-2H3,(H,89,92)/b7-5-,13-11-,19-17-,25-23-,31-29-,37-35-,69-67+,77-75+. The minimum atomic E-state index is -1.58. The summed E-state index contributed by atoms with van der Waals surface area (Å²) in [4.78, 5) is 13.2. The summed E-state index contributed by atoms with van der Waals surface area (Å²) in [5, 5.41) is 54.9. The Kier molecular flexibility index (Phi) is 72.0. The highest BCUT2D eigenvalue weighted by Gasteiger charge is 2.44. The van der Waals surface area contributed by atoms with Crippen molar-refractivity contribution in [2.24, 2.45) is 0 Å². The molecular weight excluding hydrogens is 1200 g/mol. The number of amides is 1. The highest BCUT2D eigenvalue weighted by Crippen LogP contribution is 2.24. The summed E-state index contributed by atoms with van der Waals surface area (Å²) in [6, 6.07) is -0.827. The van der Waals surface area contributed by atoms with E-state index in [2.05, 4.69) is 104 Å². The SMILES string of the molecule is CC/C=C\C/C=C\C/C=C\C/C=C\C/C=C\C/C=C\CCCCCCCCCCCCCCCCCCCCCCCCC(=O)NC(COC1OC(CO)C(O)C(O)C1O)C(O)/C=C/CC/C=C/CCCCCCCCCCCCCCCCCCCCCCCCCCCCC. The van der Waals surface area contributed by atoms with Crippen molar-refractivity contribution in [2.45, 2.75) is 442 Å². The first-order chi connectivity index (χ1) is 47.8. The van der Waals surface area contributed by atoms with Gasteiger partial charge in [-0.3, -0.25) is 4.79 Å². The Morgan fingerprint density at radius 2 is 0.649 bits per heavy atom. The van der Waals surface area contributed by atoms with Crippen LogP contribution in [0.2, 0.25) is 0 Å². The van der Waals surface area contributed by atoms with Gasteiger partial charge in [-0.2, -0.15) is 0 Å². The third-order valence-corrected chi connectivity index (χ3v) is 19.6. The Morgan fingerprint density at radius 3 is 0.990 bits per heavy atom. The first-order valence-corrected chi connectivity index (χ1v) is 42.0. The van der Waals surface area contributed by atoms with E-state index in [1.807, 2.05) is 6.08 Å². The number of aliphatic hydroxyl groups excluding tert-OH is 5. The van der Waals surface area contributed by atoms with Gasteiger partial charge in [-0.15, -0.1) is 0 Å². The highest BCUT2D eigenvalue weighted by atomic mass is 16.7. The summed E-state index contributed by atoms with van der Waals surface area (Å²) in [7, 11) is 0. The molecular formula is C88H159NO8. The van der Waals surface area contributed by atoms with Crippen molar-refractivity contribution in [3.63, 3.8) is 0 Å². The fraction of sp³-hybridized carbons (Fsp3) is 0.807. The third-order valence-electron chi connectivity index (χ3n) is 19.6. The van der Waals surface area contributed by atoms with Gasteiger partial charge in [-0.05, 0) is 83.5 Å². The molecule has 0 spiro atoms. The topological polar surface area (TPSA) is 149 Å². The third kappa shape index (κ3) is 63.7. The number of nitrogens with one attached hydrogen (secondary N) is 1. The van der Waals surface area contributed by atoms with Crippen molar-refractivity contribution < 1.29 is 39.8 Å². The van der Waals surface area contributed by atoms with Crippen LogP contribution in [0.4, 0.5) is 0 Å². The second-order valence-electron chi connectivity index (χ2n) is 28.9. The van der Waals surface area contributed by atoms with Crippen LogP contribution in [0.3, 0.4) is 0 Å². The maximum Gasteiger partial charge on any atom is 0.220 e. The van der Waals surface area contributed by atoms with Gasteiger partial charge in [0.05, 0.1) is 25.4 Å². The van der Waals surface area contributed by atoms with Crippen LogP contribution in [-0.2, 0) is 14.3 Å². The number of unbranched alkanes of at least 4 members (excludes halogenated alkanes) is 50. The molecule has 0 radical (unpaired) electrons. The predicted octanol–water partition coefficient (Wildman–Crippen LogP) is 24.5. The summed E-state index contributed by atoms with van der Waals surface area (Å²) in [5.74, 6) is -0.181. The molecule has 9 nitrogen and oxygen atoms in total. The lowest BCUT2D eigenvalue weighted by atomic mass is 9.99. The molecule has 7 atom stereocenters. The van der Waals surface area contributed by atoms with Gasteiger partial charge in [0.15, 0.2) is 6.29 Å². The molecule has 9 heteroatoms. The van der Waals surface area contributed by atoms with Gasteiger partial charge >= 0.3 is 0 Å². The van der Waals surface area contributed by atoms with Crippen molar-refractivity contribution >= 4 is 5.91 Å². The first kappa shape index (κ1) is 92.1. The van der Waals surface area contributed by atoms with Gasteiger partial charge in [-0.25, -0.2) is 0 Å². The quantitative estimate of drug-likeness (QED) is 0.0261. The second kappa shape index (κ2) is 75.8. The van der Waals surface area contributed by atoms with Crippen molar-refractivity contribution in [1.82, 2.24) is 5.32 Å². The number of hydrogen-bond acceptors (Lipinski definition) is 8. The lowest BCUT2D eigenvalue weighted by Gasteiger charge is -2.40. The number of aliphatic hydroxyl groups is 5. The molecule has 97 heavy (non-hydrogen) atoms. The lowest BCUT2D eigenvalue weighted by molar-refractivity contribution is -0.302. The minimum absolute atomic E-state index is 0.181. The molecule has 0 aromatic rings. The molecule has 1 aliphatic heterocycles. The number of carbonyl (C=O) groups is 1. The molecule has 0 bridgehead atoms. The number of hydrogen-bond donors (Lipinski definition) is 6. The average molecular weight is 1360 g/mol. The zero-order valence-corrected chi connectivity index (χ0v) is 63.6. The van der Waals surface area contributed by atoms with Crippen molar-refractivity contribution in [1.29, 1.82) is 0 Å². The lowest BCUT2D eigenvalue weighted by Crippen LogP contribution is -2.60. The number of rotatable bonds is 74. The molecule has 1 aliphatic rings. The van der Waals surface area contributed by atoms with Crippen molar-refractivity contribution in [3.8, 4) is 0 Å². The minimum Gasteiger partial charge on any atom is -0.394 e. The maximum absolute atomic E-state index is 13.2. The van der Waals surface area contributed by atoms with E-state index in [0.717, 1.165) is 77.0 Å². The van der Waals surface area contributed by atoms with Crippen LogP contribution >= 0.6 is 0 Å². The molecule has 1 saturated heterocycles. The monoisotopic (exact) mass is 1360 g/mol. The Bertz CT molecular complexity index is 1870. The molecule has 7 unspecified atom stereocenters. The van der Waals surface area contributed by atoms with Crippen LogP contribution in [0.15, 0.2) is 97.2 Å². The number of allylic oxidation sites excluding steroid dienone is 15. The second-order valence-corrected chi connectivity index (χ2v) is 28.9. The molecule has 564 valence electrons. The fourth-order valence-corrected chi connectivity index (χ4v) is 13.2. The van der Waals surface area contributed by atoms with E-state index in [0.29, 0.717) is 6.42 Å². The Labute approximate surface area is 600 Å². The fourth-order valence-electron chi connectivity index (χ4n) is 13.2. The molecule has 6 N–H and O–H groups in total. The molecule has 0 aromatic carbocycles. The van der Waals surface area contributed by atoms with E-state index in [-0.39, 0.29) is 12.5 Å². The van der Waals surface area contributed by atoms with Gasteiger partial charge in [0.2, 0.25) is 5.91 Å². The normalized spacial score (nSPS) is 17.9. The first-order valence-electron chi connectivity index (χ1n) is 42.0. The number of ether oxygens (including phenoxy) is 2. The van der Waals surface area contributed by atoms with Crippen LogP contribution in [0.1, 0.15) is 399 Å². The molecule has 1 amide bonds. The van der Waals surface area contributed by atoms with Crippen LogP contribution < -0.4 is 5.32 Å². The number of carbonyl (C=O) groups excluding carboxylic acids is 1. The predicted molar refractivity (Wildman–Crippen MR) is 419 cm³/mol. The highest BCUT2D eigenvalue weighted by molar-refractivity contribution is 5.76. The Hall–Kier alpha value is -2.89. The van der Waals surface area contributed by atoms with Gasteiger partial charge < -0.3 is 40.3 Å². The van der Waals surface area contributed by atoms with Gasteiger partial charge in [0.25, 0.3) is 0 Å². The van der Waals surface area contributed by atoms with Gasteiger partial charge in [0, 0.05) is 6.42 Å². The Morgan fingerprint density at radius 1 is 0.361 bits per heavy atom. The van der Waals surface area contributed by atoms with E-state index < -0.39 is 49.5 Å². The largest absolute Gasteiger partial charge is 0.394 e. The summed E-state index contributed by atoms with van der Waals surface area (Å²) < 4.78 is 11.3. The van der Waals surface area contributed by atoms with Crippen LogP contribution in [0.25, 0.3) is 0 Å². The summed E-state index contributed by atoms with van der Waals surface area (Å²) in [6.07, 6.45) is 104. The molecule has 0 aromatic heterocycles. The van der Waals surface area contributed by atoms with E-state index in [9.17, 15) is 30.3 Å². The zero-order chi connectivity index (χ0) is 69.9. The molecule has 0 aliphatic carbocycles. The summed E-state index contributed by atoms with van der Waals surface area (Å²) in [6.45, 7) is 3.70. The van der Waals surface area contributed by atoms with Crippen LogP contribution in [0, 0.1) is 0 Å². The molecule has 1 fully saturated rings. The molecule has 1 heterocycles. The smallest absolute Gasteiger partial charge is 0.220 e. The maximum atomic E-state index is 13.2. The van der Waals surface area contributed by atoms with E-state index >= 15 is 0 Å². The zero-order valence-electron chi connectivity index (χ0n) is 63.6. The molecule has 0 saturated carbocycles. The van der Waals surface area contributed by atoms with E-state index in [1.165, 1.54) is 302 Å². The average Bonchev–Trinajstić information content (AvgIpc) is 0.854. The van der Waals surface area contributed by atoms with Crippen LogP contribution in [-0.4, -0.2) is 87.5 Å². The summed E-state index contributed by atoms with van der Waals surface area (Å²) >= 11 is 0.